The van der Waals surface area contributed by atoms with Gasteiger partial charge in [-0.1, -0.05) is 19.8 Å². The number of H-pyrrole nitrogens is 1. The fourth-order valence-electron chi connectivity index (χ4n) is 2.08. The first kappa shape index (κ1) is 11.3. The fourth-order valence-corrected chi connectivity index (χ4v) is 2.08. The van der Waals surface area contributed by atoms with Gasteiger partial charge in [0, 0.05) is 18.5 Å². The van der Waals surface area contributed by atoms with Crippen molar-refractivity contribution in [2.24, 2.45) is 0 Å². The van der Waals surface area contributed by atoms with Gasteiger partial charge in [0.05, 0.1) is 5.69 Å². The molecule has 1 aromatic heterocycles. The van der Waals surface area contributed by atoms with Crippen LogP contribution in [0.25, 0.3) is 0 Å². The van der Waals surface area contributed by atoms with Gasteiger partial charge >= 0.3 is 0 Å². The maximum atomic E-state index is 11.8. The zero-order chi connectivity index (χ0) is 11.4. The molecule has 2 rings (SSSR count). The minimum Gasteiger partial charge on any atom is -0.311 e. The molecule has 0 spiro atoms. The monoisotopic (exact) mass is 221 g/mol. The predicted octanol–water partition coefficient (Wildman–Crippen LogP) is 1.15. The van der Waals surface area contributed by atoms with Gasteiger partial charge in [-0.25, -0.2) is 4.98 Å². The zero-order valence-corrected chi connectivity index (χ0v) is 9.81. The lowest BCUT2D eigenvalue weighted by Crippen LogP contribution is -2.31. The van der Waals surface area contributed by atoms with Crippen LogP contribution in [0.15, 0.2) is 4.79 Å². The van der Waals surface area contributed by atoms with E-state index in [4.69, 9.17) is 0 Å². The number of aryl methyl sites for hydroxylation is 1. The summed E-state index contributed by atoms with van der Waals surface area (Å²) < 4.78 is 0. The minimum absolute atomic E-state index is 0.0676. The summed E-state index contributed by atoms with van der Waals surface area (Å²) in [4.78, 5) is 19.2. The quantitative estimate of drug-likeness (QED) is 0.750. The normalized spacial score (nSPS) is 14.8. The molecule has 88 valence electrons. The molecule has 4 nitrogen and oxygen atoms in total. The highest BCUT2D eigenvalue weighted by Gasteiger charge is 2.14. The van der Waals surface area contributed by atoms with Gasteiger partial charge in [-0.05, 0) is 19.4 Å². The number of hydrogen-bond donors (Lipinski definition) is 2. The Bertz CT molecular complexity index is 411. The van der Waals surface area contributed by atoms with E-state index in [1.165, 1.54) is 12.8 Å². The van der Waals surface area contributed by atoms with E-state index < -0.39 is 0 Å². The second kappa shape index (κ2) is 5.25. The third-order valence-corrected chi connectivity index (χ3v) is 3.01. The van der Waals surface area contributed by atoms with Crippen molar-refractivity contribution >= 4 is 0 Å². The molecule has 0 bridgehead atoms. The van der Waals surface area contributed by atoms with Crippen LogP contribution in [-0.2, 0) is 19.4 Å². The summed E-state index contributed by atoms with van der Waals surface area (Å²) in [5.74, 6) is 0.848. The molecule has 16 heavy (non-hydrogen) atoms. The minimum atomic E-state index is 0.0676. The molecule has 0 aliphatic carbocycles. The van der Waals surface area contributed by atoms with E-state index in [1.807, 2.05) is 0 Å². The second-order valence-electron chi connectivity index (χ2n) is 4.32. The van der Waals surface area contributed by atoms with Crippen molar-refractivity contribution in [2.45, 2.75) is 45.6 Å². The smallest absolute Gasteiger partial charge is 0.254 e. The van der Waals surface area contributed by atoms with Gasteiger partial charge in [0.1, 0.15) is 5.82 Å². The largest absolute Gasteiger partial charge is 0.311 e. The van der Waals surface area contributed by atoms with Crippen LogP contribution >= 0.6 is 0 Å². The van der Waals surface area contributed by atoms with Crippen LogP contribution in [0.3, 0.4) is 0 Å². The SMILES string of the molecule is CCCCCc1nc2c(c(=O)[nH]1)CCNC2. The Morgan fingerprint density at radius 2 is 2.25 bits per heavy atom. The van der Waals surface area contributed by atoms with Gasteiger partial charge in [0.25, 0.3) is 5.56 Å². The molecule has 0 fully saturated rings. The highest BCUT2D eigenvalue weighted by Crippen LogP contribution is 2.08. The lowest BCUT2D eigenvalue weighted by molar-refractivity contribution is 0.604. The van der Waals surface area contributed by atoms with Crippen LogP contribution in [-0.4, -0.2) is 16.5 Å². The summed E-state index contributed by atoms with van der Waals surface area (Å²) in [6.45, 7) is 3.79. The number of unbranched alkanes of at least 4 members (excludes halogenated alkanes) is 2. The van der Waals surface area contributed by atoms with Crippen LogP contribution in [0.2, 0.25) is 0 Å². The van der Waals surface area contributed by atoms with Crippen LogP contribution in [0.4, 0.5) is 0 Å². The van der Waals surface area contributed by atoms with E-state index in [-0.39, 0.29) is 5.56 Å². The molecule has 2 heterocycles. The third-order valence-electron chi connectivity index (χ3n) is 3.01. The molecule has 0 saturated carbocycles. The Labute approximate surface area is 95.5 Å². The Balaban J connectivity index is 2.15. The van der Waals surface area contributed by atoms with E-state index >= 15 is 0 Å². The first-order valence-corrected chi connectivity index (χ1v) is 6.13. The average Bonchev–Trinajstić information content (AvgIpc) is 2.30. The maximum absolute atomic E-state index is 11.8. The number of rotatable bonds is 4. The van der Waals surface area contributed by atoms with Gasteiger partial charge in [-0.15, -0.1) is 0 Å². The molecular formula is C12H19N3O. The van der Waals surface area contributed by atoms with Gasteiger partial charge in [-0.3, -0.25) is 4.79 Å². The predicted molar refractivity (Wildman–Crippen MR) is 63.5 cm³/mol. The second-order valence-corrected chi connectivity index (χ2v) is 4.32. The number of nitrogens with zero attached hydrogens (tertiary/aromatic N) is 1. The van der Waals surface area contributed by atoms with Gasteiger partial charge in [0.2, 0.25) is 0 Å². The molecule has 1 aliphatic rings. The lowest BCUT2D eigenvalue weighted by Gasteiger charge is -2.15. The van der Waals surface area contributed by atoms with Gasteiger partial charge in [0.15, 0.2) is 0 Å². The summed E-state index contributed by atoms with van der Waals surface area (Å²) in [5, 5.41) is 3.25. The lowest BCUT2D eigenvalue weighted by atomic mass is 10.1. The number of nitrogens with one attached hydrogen (secondary N) is 2. The van der Waals surface area contributed by atoms with Crippen molar-refractivity contribution in [2.75, 3.05) is 6.54 Å². The van der Waals surface area contributed by atoms with Crippen LogP contribution in [0.1, 0.15) is 43.3 Å². The number of aromatic nitrogens is 2. The Hall–Kier alpha value is -1.16. The molecular weight excluding hydrogens is 202 g/mol. The Morgan fingerprint density at radius 1 is 1.38 bits per heavy atom. The van der Waals surface area contributed by atoms with E-state index in [0.29, 0.717) is 0 Å². The summed E-state index contributed by atoms with van der Waals surface area (Å²) >= 11 is 0. The molecule has 1 aliphatic heterocycles. The van der Waals surface area contributed by atoms with Crippen LogP contribution in [0.5, 0.6) is 0 Å². The highest BCUT2D eigenvalue weighted by atomic mass is 16.1. The molecule has 0 radical (unpaired) electrons. The van der Waals surface area contributed by atoms with Crippen LogP contribution in [0, 0.1) is 0 Å². The standard InChI is InChI=1S/C12H19N3O/c1-2-3-4-5-11-14-10-8-13-7-6-9(10)12(16)15-11/h13H,2-8H2,1H3,(H,14,15,16). The molecule has 0 amide bonds. The van der Waals surface area contributed by atoms with Crippen molar-refractivity contribution < 1.29 is 0 Å². The molecule has 0 atom stereocenters. The van der Waals surface area contributed by atoms with Gasteiger partial charge < -0.3 is 10.3 Å². The van der Waals surface area contributed by atoms with E-state index in [9.17, 15) is 4.79 Å². The highest BCUT2D eigenvalue weighted by molar-refractivity contribution is 5.20. The van der Waals surface area contributed by atoms with Gasteiger partial charge in [-0.2, -0.15) is 0 Å². The molecule has 2 N–H and O–H groups in total. The van der Waals surface area contributed by atoms with E-state index in [1.54, 1.807) is 0 Å². The molecule has 1 aromatic rings. The van der Waals surface area contributed by atoms with Crippen molar-refractivity contribution in [3.63, 3.8) is 0 Å². The number of aromatic amines is 1. The summed E-state index contributed by atoms with van der Waals surface area (Å²) in [7, 11) is 0. The average molecular weight is 221 g/mol. The van der Waals surface area contributed by atoms with Crippen molar-refractivity contribution in [3.05, 3.63) is 27.4 Å². The first-order valence-electron chi connectivity index (χ1n) is 6.13. The van der Waals surface area contributed by atoms with E-state index in [2.05, 4.69) is 22.2 Å². The Kier molecular flexibility index (Phi) is 3.72. The zero-order valence-electron chi connectivity index (χ0n) is 9.81. The van der Waals surface area contributed by atoms with E-state index in [0.717, 1.165) is 49.4 Å². The topological polar surface area (TPSA) is 57.8 Å². The summed E-state index contributed by atoms with van der Waals surface area (Å²) in [5.41, 5.74) is 1.89. The molecule has 4 heteroatoms. The summed E-state index contributed by atoms with van der Waals surface area (Å²) in [6.07, 6.45) is 5.17. The molecule has 0 aromatic carbocycles. The summed E-state index contributed by atoms with van der Waals surface area (Å²) in [6, 6.07) is 0. The molecule has 0 unspecified atom stereocenters. The maximum Gasteiger partial charge on any atom is 0.254 e. The number of hydrogen-bond acceptors (Lipinski definition) is 3. The van der Waals surface area contributed by atoms with Crippen LogP contribution < -0.4 is 10.9 Å². The third kappa shape index (κ3) is 2.50. The first-order chi connectivity index (χ1) is 7.81. The van der Waals surface area contributed by atoms with Crippen molar-refractivity contribution in [1.82, 2.24) is 15.3 Å². The van der Waals surface area contributed by atoms with Crippen molar-refractivity contribution in [3.8, 4) is 0 Å². The fraction of sp³-hybridized carbons (Fsp3) is 0.667. The number of fused-ring (bicyclic) bond motifs is 1. The Morgan fingerprint density at radius 3 is 3.06 bits per heavy atom. The molecule has 0 saturated heterocycles. The van der Waals surface area contributed by atoms with Crippen molar-refractivity contribution in [1.29, 1.82) is 0 Å².